The number of hydrogen-bond acceptors (Lipinski definition) is 4. The second kappa shape index (κ2) is 6.70. The average molecular weight is 296 g/mol. The summed E-state index contributed by atoms with van der Waals surface area (Å²) in [4.78, 5) is 2.32. The molecule has 0 radical (unpaired) electrons. The molecule has 1 aliphatic rings. The third kappa shape index (κ3) is 3.81. The third-order valence-corrected chi connectivity index (χ3v) is 5.69. The van der Waals surface area contributed by atoms with E-state index >= 15 is 0 Å². The Hall–Kier alpha value is -0.910. The maximum Gasteiger partial charge on any atom is 0.153 e. The third-order valence-electron chi connectivity index (χ3n) is 3.89. The lowest BCUT2D eigenvalue weighted by Crippen LogP contribution is -2.50. The summed E-state index contributed by atoms with van der Waals surface area (Å²) in [5.41, 5.74) is 1.25. The van der Waals surface area contributed by atoms with Crippen molar-refractivity contribution in [3.05, 3.63) is 35.9 Å². The topological polar surface area (TPSA) is 49.4 Å². The number of benzene rings is 1. The van der Waals surface area contributed by atoms with Gasteiger partial charge in [-0.05, 0) is 19.0 Å². The van der Waals surface area contributed by atoms with Gasteiger partial charge in [0.05, 0.1) is 11.5 Å². The lowest BCUT2D eigenvalue weighted by Gasteiger charge is -2.39. The Morgan fingerprint density at radius 3 is 2.65 bits per heavy atom. The van der Waals surface area contributed by atoms with Crippen LogP contribution in [0.4, 0.5) is 0 Å². The number of rotatable bonds is 5. The van der Waals surface area contributed by atoms with E-state index in [2.05, 4.69) is 29.3 Å². The zero-order chi connectivity index (χ0) is 14.6. The maximum absolute atomic E-state index is 11.7. The van der Waals surface area contributed by atoms with Crippen molar-refractivity contribution >= 4 is 9.84 Å². The van der Waals surface area contributed by atoms with Crippen molar-refractivity contribution in [2.45, 2.75) is 25.9 Å². The standard InChI is InChI=1S/C15H24N2O2S/c1-3-16-11-15(14-7-5-4-6-8-14)17-9-10-20(18,19)12-13(17)2/h4-8,13,15-16H,3,9-12H2,1-2H3. The molecular formula is C15H24N2O2S. The summed E-state index contributed by atoms with van der Waals surface area (Å²) in [5, 5.41) is 3.39. The summed E-state index contributed by atoms with van der Waals surface area (Å²) in [7, 11) is -2.86. The maximum atomic E-state index is 11.7. The van der Waals surface area contributed by atoms with Crippen LogP contribution in [0.3, 0.4) is 0 Å². The lowest BCUT2D eigenvalue weighted by atomic mass is 10.0. The molecule has 0 bridgehead atoms. The average Bonchev–Trinajstić information content (AvgIpc) is 2.41. The molecule has 1 fully saturated rings. The number of nitrogens with one attached hydrogen (secondary N) is 1. The minimum Gasteiger partial charge on any atom is -0.315 e. The molecule has 2 unspecified atom stereocenters. The molecule has 0 saturated carbocycles. The predicted octanol–water partition coefficient (Wildman–Crippen LogP) is 1.46. The summed E-state index contributed by atoms with van der Waals surface area (Å²) >= 11 is 0. The van der Waals surface area contributed by atoms with Crippen molar-refractivity contribution in [1.29, 1.82) is 0 Å². The van der Waals surface area contributed by atoms with Crippen molar-refractivity contribution in [3.8, 4) is 0 Å². The van der Waals surface area contributed by atoms with Crippen LogP contribution in [0.1, 0.15) is 25.5 Å². The fourth-order valence-electron chi connectivity index (χ4n) is 2.86. The quantitative estimate of drug-likeness (QED) is 0.893. The van der Waals surface area contributed by atoms with E-state index in [1.54, 1.807) is 0 Å². The second-order valence-electron chi connectivity index (χ2n) is 5.44. The van der Waals surface area contributed by atoms with Gasteiger partial charge in [-0.2, -0.15) is 0 Å². The number of hydrogen-bond donors (Lipinski definition) is 1. The number of nitrogens with zero attached hydrogens (tertiary/aromatic N) is 1. The molecule has 1 aromatic rings. The molecular weight excluding hydrogens is 272 g/mol. The first-order valence-corrected chi connectivity index (χ1v) is 9.07. The van der Waals surface area contributed by atoms with Gasteiger partial charge in [0.2, 0.25) is 0 Å². The largest absolute Gasteiger partial charge is 0.315 e. The van der Waals surface area contributed by atoms with Gasteiger partial charge in [-0.15, -0.1) is 0 Å². The number of sulfone groups is 1. The van der Waals surface area contributed by atoms with Gasteiger partial charge >= 0.3 is 0 Å². The van der Waals surface area contributed by atoms with Gasteiger partial charge in [0, 0.05) is 25.2 Å². The highest BCUT2D eigenvalue weighted by Gasteiger charge is 2.32. The molecule has 1 aromatic carbocycles. The second-order valence-corrected chi connectivity index (χ2v) is 7.66. The van der Waals surface area contributed by atoms with Crippen molar-refractivity contribution < 1.29 is 8.42 Å². The first kappa shape index (κ1) is 15.5. The Bertz CT molecular complexity index is 516. The minimum atomic E-state index is -2.86. The zero-order valence-electron chi connectivity index (χ0n) is 12.2. The van der Waals surface area contributed by atoms with Gasteiger partial charge in [-0.25, -0.2) is 8.42 Å². The minimum absolute atomic E-state index is 0.0672. The molecule has 1 heterocycles. The van der Waals surface area contributed by atoms with Crippen LogP contribution in [0.15, 0.2) is 30.3 Å². The Balaban J connectivity index is 2.19. The first-order chi connectivity index (χ1) is 9.53. The summed E-state index contributed by atoms with van der Waals surface area (Å²) in [6.07, 6.45) is 0. The van der Waals surface area contributed by atoms with E-state index in [9.17, 15) is 8.42 Å². The monoisotopic (exact) mass is 296 g/mol. The van der Waals surface area contributed by atoms with E-state index in [1.165, 1.54) is 5.56 Å². The van der Waals surface area contributed by atoms with E-state index in [0.717, 1.165) is 13.1 Å². The van der Waals surface area contributed by atoms with Crippen LogP contribution in [0.2, 0.25) is 0 Å². The normalized spacial score (nSPS) is 24.4. The van der Waals surface area contributed by atoms with Crippen LogP contribution in [0, 0.1) is 0 Å². The lowest BCUT2D eigenvalue weighted by molar-refractivity contribution is 0.155. The van der Waals surface area contributed by atoms with Crippen LogP contribution >= 0.6 is 0 Å². The highest BCUT2D eigenvalue weighted by molar-refractivity contribution is 7.91. The van der Waals surface area contributed by atoms with E-state index in [-0.39, 0.29) is 23.6 Å². The molecule has 0 amide bonds. The van der Waals surface area contributed by atoms with Crippen molar-refractivity contribution in [3.63, 3.8) is 0 Å². The van der Waals surface area contributed by atoms with Gasteiger partial charge in [-0.1, -0.05) is 37.3 Å². The van der Waals surface area contributed by atoms with Crippen molar-refractivity contribution in [2.75, 3.05) is 31.1 Å². The molecule has 4 nitrogen and oxygen atoms in total. The molecule has 1 N–H and O–H groups in total. The SMILES string of the molecule is CCNCC(c1ccccc1)N1CCS(=O)(=O)CC1C. The van der Waals surface area contributed by atoms with Gasteiger partial charge < -0.3 is 5.32 Å². The van der Waals surface area contributed by atoms with Crippen LogP contribution in [0.25, 0.3) is 0 Å². The molecule has 112 valence electrons. The van der Waals surface area contributed by atoms with Gasteiger partial charge in [0.15, 0.2) is 9.84 Å². The smallest absolute Gasteiger partial charge is 0.153 e. The molecule has 1 aliphatic heterocycles. The van der Waals surface area contributed by atoms with E-state index in [0.29, 0.717) is 6.54 Å². The van der Waals surface area contributed by atoms with Crippen molar-refractivity contribution in [1.82, 2.24) is 10.2 Å². The predicted molar refractivity (Wildman–Crippen MR) is 82.5 cm³/mol. The molecule has 2 atom stereocenters. The van der Waals surface area contributed by atoms with Crippen LogP contribution < -0.4 is 5.32 Å². The van der Waals surface area contributed by atoms with Gasteiger partial charge in [-0.3, -0.25) is 4.90 Å². The van der Waals surface area contributed by atoms with E-state index in [1.807, 2.05) is 25.1 Å². The summed E-state index contributed by atoms with van der Waals surface area (Å²) < 4.78 is 23.5. The number of likely N-dealkylation sites (N-methyl/N-ethyl adjacent to an activating group) is 1. The molecule has 0 aliphatic carbocycles. The van der Waals surface area contributed by atoms with E-state index in [4.69, 9.17) is 0 Å². The Morgan fingerprint density at radius 1 is 1.35 bits per heavy atom. The van der Waals surface area contributed by atoms with Gasteiger partial charge in [0.1, 0.15) is 0 Å². The van der Waals surface area contributed by atoms with Crippen LogP contribution in [-0.2, 0) is 9.84 Å². The zero-order valence-corrected chi connectivity index (χ0v) is 13.1. The van der Waals surface area contributed by atoms with Gasteiger partial charge in [0.25, 0.3) is 0 Å². The Labute approximate surface area is 122 Å². The van der Waals surface area contributed by atoms with Crippen LogP contribution in [-0.4, -0.2) is 50.5 Å². The van der Waals surface area contributed by atoms with Crippen molar-refractivity contribution in [2.24, 2.45) is 0 Å². The summed E-state index contributed by atoms with van der Waals surface area (Å²) in [6, 6.07) is 10.6. The molecule has 0 aromatic heterocycles. The Morgan fingerprint density at radius 2 is 2.05 bits per heavy atom. The molecule has 1 saturated heterocycles. The summed E-state index contributed by atoms with van der Waals surface area (Å²) in [5.74, 6) is 0.537. The Kier molecular flexibility index (Phi) is 5.18. The van der Waals surface area contributed by atoms with E-state index < -0.39 is 9.84 Å². The molecule has 20 heavy (non-hydrogen) atoms. The summed E-state index contributed by atoms with van der Waals surface area (Å²) in [6.45, 7) is 6.49. The molecule has 2 rings (SSSR count). The first-order valence-electron chi connectivity index (χ1n) is 7.25. The molecule has 5 heteroatoms. The highest BCUT2D eigenvalue weighted by Crippen LogP contribution is 2.25. The van der Waals surface area contributed by atoms with Crippen LogP contribution in [0.5, 0.6) is 0 Å². The fourth-order valence-corrected chi connectivity index (χ4v) is 4.44. The highest BCUT2D eigenvalue weighted by atomic mass is 32.2. The fraction of sp³-hybridized carbons (Fsp3) is 0.600. The molecule has 0 spiro atoms.